The first-order chi connectivity index (χ1) is 16.9. The summed E-state index contributed by atoms with van der Waals surface area (Å²) in [7, 11) is 3.49. The van der Waals surface area contributed by atoms with E-state index in [9.17, 15) is 9.90 Å². The number of halogens is 1. The maximum atomic E-state index is 15.3. The molecule has 0 spiro atoms. The van der Waals surface area contributed by atoms with Gasteiger partial charge in [0.2, 0.25) is 0 Å². The first kappa shape index (κ1) is 22.7. The minimum absolute atomic E-state index is 0.0731. The third kappa shape index (κ3) is 3.85. The van der Waals surface area contributed by atoms with Crippen molar-refractivity contribution in [3.05, 3.63) is 77.3 Å². The summed E-state index contributed by atoms with van der Waals surface area (Å²) < 4.78 is 33.3. The SMILES string of the molecule is COc1c([C@H]2CN(C)c3cccc(CC(=O)O)c3O2)cc(-c2cccc(CN)c2F)c2occc12. The third-order valence-electron chi connectivity index (χ3n) is 6.38. The van der Waals surface area contributed by atoms with Gasteiger partial charge in [-0.1, -0.05) is 30.3 Å². The zero-order valence-electron chi connectivity index (χ0n) is 19.4. The molecule has 0 saturated heterocycles. The average Bonchev–Trinajstić information content (AvgIpc) is 3.33. The van der Waals surface area contributed by atoms with Gasteiger partial charge in [0.1, 0.15) is 29.0 Å². The van der Waals surface area contributed by atoms with Crippen molar-refractivity contribution in [3.8, 4) is 22.6 Å². The summed E-state index contributed by atoms with van der Waals surface area (Å²) in [5.74, 6) is -0.271. The fourth-order valence-electron chi connectivity index (χ4n) is 4.75. The third-order valence-corrected chi connectivity index (χ3v) is 6.38. The fraction of sp³-hybridized carbons (Fsp3) is 0.222. The number of aliphatic carboxylic acids is 1. The Labute approximate surface area is 201 Å². The van der Waals surface area contributed by atoms with Gasteiger partial charge in [0.05, 0.1) is 37.4 Å². The smallest absolute Gasteiger partial charge is 0.307 e. The molecular formula is C27H25FN2O5. The number of nitrogens with two attached hydrogens (primary N) is 1. The highest BCUT2D eigenvalue weighted by molar-refractivity contribution is 5.98. The Morgan fingerprint density at radius 1 is 1.20 bits per heavy atom. The lowest BCUT2D eigenvalue weighted by atomic mass is 9.94. The second kappa shape index (κ2) is 8.96. The lowest BCUT2D eigenvalue weighted by molar-refractivity contribution is -0.136. The van der Waals surface area contributed by atoms with E-state index in [1.165, 1.54) is 0 Å². The molecule has 1 aliphatic heterocycles. The number of carbonyl (C=O) groups is 1. The molecule has 0 aliphatic carbocycles. The van der Waals surface area contributed by atoms with Crippen LogP contribution in [0.25, 0.3) is 22.1 Å². The van der Waals surface area contributed by atoms with E-state index in [-0.39, 0.29) is 13.0 Å². The molecule has 180 valence electrons. The van der Waals surface area contributed by atoms with E-state index in [1.54, 1.807) is 43.7 Å². The number of anilines is 1. The Morgan fingerprint density at radius 3 is 2.71 bits per heavy atom. The molecule has 35 heavy (non-hydrogen) atoms. The van der Waals surface area contributed by atoms with Gasteiger partial charge in [-0.15, -0.1) is 0 Å². The maximum Gasteiger partial charge on any atom is 0.307 e. The van der Waals surface area contributed by atoms with Crippen LogP contribution in [0.2, 0.25) is 0 Å². The zero-order valence-corrected chi connectivity index (χ0v) is 19.4. The molecule has 0 bridgehead atoms. The maximum absolute atomic E-state index is 15.3. The number of methoxy groups -OCH3 is 1. The fourth-order valence-corrected chi connectivity index (χ4v) is 4.75. The van der Waals surface area contributed by atoms with Crippen LogP contribution in [0.5, 0.6) is 11.5 Å². The summed E-state index contributed by atoms with van der Waals surface area (Å²) in [4.78, 5) is 13.5. The van der Waals surface area contributed by atoms with Gasteiger partial charge >= 0.3 is 5.97 Å². The summed E-state index contributed by atoms with van der Waals surface area (Å²) in [6.45, 7) is 0.553. The highest BCUT2D eigenvalue weighted by Gasteiger charge is 2.31. The summed E-state index contributed by atoms with van der Waals surface area (Å²) in [6, 6.07) is 14.2. The number of hydrogen-bond donors (Lipinski definition) is 2. The molecular weight excluding hydrogens is 451 g/mol. The second-order valence-electron chi connectivity index (χ2n) is 8.52. The van der Waals surface area contributed by atoms with Gasteiger partial charge in [-0.05, 0) is 18.2 Å². The van der Waals surface area contributed by atoms with Crippen molar-refractivity contribution in [1.82, 2.24) is 0 Å². The number of nitrogens with zero attached hydrogens (tertiary/aromatic N) is 1. The van der Waals surface area contributed by atoms with Gasteiger partial charge in [0, 0.05) is 41.4 Å². The van der Waals surface area contributed by atoms with Crippen molar-refractivity contribution in [2.45, 2.75) is 19.1 Å². The van der Waals surface area contributed by atoms with E-state index in [2.05, 4.69) is 0 Å². The van der Waals surface area contributed by atoms with Gasteiger partial charge in [-0.25, -0.2) is 4.39 Å². The van der Waals surface area contributed by atoms with Crippen LogP contribution in [0.15, 0.2) is 59.2 Å². The molecule has 1 aliphatic rings. The Morgan fingerprint density at radius 2 is 1.97 bits per heavy atom. The van der Waals surface area contributed by atoms with Crippen molar-refractivity contribution >= 4 is 22.6 Å². The van der Waals surface area contributed by atoms with Gasteiger partial charge < -0.3 is 29.6 Å². The summed E-state index contributed by atoms with van der Waals surface area (Å²) in [5, 5.41) is 10.1. The van der Waals surface area contributed by atoms with Gasteiger partial charge in [-0.3, -0.25) is 4.79 Å². The van der Waals surface area contributed by atoms with Crippen LogP contribution in [0.3, 0.4) is 0 Å². The zero-order chi connectivity index (χ0) is 24.7. The van der Waals surface area contributed by atoms with Crippen molar-refractivity contribution in [2.24, 2.45) is 5.73 Å². The van der Waals surface area contributed by atoms with Crippen molar-refractivity contribution in [1.29, 1.82) is 0 Å². The van der Waals surface area contributed by atoms with Crippen LogP contribution in [-0.4, -0.2) is 31.8 Å². The number of fused-ring (bicyclic) bond motifs is 2. The van der Waals surface area contributed by atoms with Gasteiger partial charge in [-0.2, -0.15) is 0 Å². The molecule has 2 heterocycles. The summed E-state index contributed by atoms with van der Waals surface area (Å²) in [6.07, 6.45) is 0.875. The first-order valence-corrected chi connectivity index (χ1v) is 11.2. The van der Waals surface area contributed by atoms with Crippen molar-refractivity contribution < 1.29 is 28.2 Å². The minimum atomic E-state index is -0.943. The number of rotatable bonds is 6. The summed E-state index contributed by atoms with van der Waals surface area (Å²) >= 11 is 0. The lowest BCUT2D eigenvalue weighted by Gasteiger charge is -2.35. The van der Waals surface area contributed by atoms with Gasteiger partial charge in [0.25, 0.3) is 0 Å². The predicted molar refractivity (Wildman–Crippen MR) is 130 cm³/mol. The van der Waals surface area contributed by atoms with Gasteiger partial charge in [0.15, 0.2) is 0 Å². The number of para-hydroxylation sites is 1. The number of hydrogen-bond acceptors (Lipinski definition) is 6. The van der Waals surface area contributed by atoms with E-state index in [0.29, 0.717) is 56.8 Å². The number of carboxylic acid groups (broad SMARTS) is 1. The van der Waals surface area contributed by atoms with Crippen LogP contribution >= 0.6 is 0 Å². The summed E-state index contributed by atoms with van der Waals surface area (Å²) in [5.41, 5.74) is 9.66. The monoisotopic (exact) mass is 476 g/mol. The highest BCUT2D eigenvalue weighted by Crippen LogP contribution is 2.46. The largest absolute Gasteiger partial charge is 0.496 e. The van der Waals surface area contributed by atoms with E-state index in [1.807, 2.05) is 30.1 Å². The molecule has 8 heteroatoms. The van der Waals surface area contributed by atoms with Crippen LogP contribution in [-0.2, 0) is 17.8 Å². The molecule has 0 fully saturated rings. The highest BCUT2D eigenvalue weighted by atomic mass is 19.1. The van der Waals surface area contributed by atoms with E-state index in [4.69, 9.17) is 19.6 Å². The topological polar surface area (TPSA) is 98.2 Å². The predicted octanol–water partition coefficient (Wildman–Crippen LogP) is 4.90. The molecule has 7 nitrogen and oxygen atoms in total. The Bertz CT molecular complexity index is 1430. The molecule has 0 unspecified atom stereocenters. The quantitative estimate of drug-likeness (QED) is 0.408. The second-order valence-corrected chi connectivity index (χ2v) is 8.52. The Kier molecular flexibility index (Phi) is 5.82. The molecule has 0 amide bonds. The Hall–Kier alpha value is -4.04. The number of carboxylic acids is 1. The van der Waals surface area contributed by atoms with Crippen LogP contribution in [0.1, 0.15) is 22.8 Å². The molecule has 3 N–H and O–H groups in total. The molecule has 0 saturated carbocycles. The molecule has 3 aromatic carbocycles. The minimum Gasteiger partial charge on any atom is -0.496 e. The van der Waals surface area contributed by atoms with E-state index >= 15 is 4.39 Å². The molecule has 4 aromatic rings. The molecule has 1 aromatic heterocycles. The van der Waals surface area contributed by atoms with E-state index in [0.717, 1.165) is 5.69 Å². The number of furan rings is 1. The normalized spacial score (nSPS) is 15.1. The van der Waals surface area contributed by atoms with Crippen LogP contribution in [0, 0.1) is 5.82 Å². The van der Waals surface area contributed by atoms with Crippen LogP contribution < -0.4 is 20.1 Å². The molecule has 5 rings (SSSR count). The average molecular weight is 477 g/mol. The standard InChI is InChI=1S/C27H25FN2O5/c1-30-14-22(35-25-15(11-23(31)32)5-4-8-21(25)30)20-12-19(17-7-3-6-16(13-29)24(17)28)27-18(9-10-34-27)26(20)33-2/h3-10,12,22H,11,13-14,29H2,1-2H3,(H,31,32)/t22-/m1/s1. The number of ether oxygens (including phenoxy) is 2. The number of likely N-dealkylation sites (N-methyl/N-ethyl adjacent to an activating group) is 1. The van der Waals surface area contributed by atoms with Crippen LogP contribution in [0.4, 0.5) is 10.1 Å². The van der Waals surface area contributed by atoms with Crippen molar-refractivity contribution in [2.75, 3.05) is 25.6 Å². The number of benzene rings is 3. The lowest BCUT2D eigenvalue weighted by Crippen LogP contribution is -2.33. The molecule has 0 radical (unpaired) electrons. The first-order valence-electron chi connectivity index (χ1n) is 11.2. The van der Waals surface area contributed by atoms with Crippen molar-refractivity contribution in [3.63, 3.8) is 0 Å². The Balaban J connectivity index is 1.69. The molecule has 1 atom stereocenters. The van der Waals surface area contributed by atoms with E-state index < -0.39 is 17.9 Å².